The van der Waals surface area contributed by atoms with Crippen molar-refractivity contribution >= 4 is 45.5 Å². The van der Waals surface area contributed by atoms with Crippen molar-refractivity contribution < 1.29 is 0 Å². The van der Waals surface area contributed by atoms with Gasteiger partial charge in [-0.05, 0) is 33.3 Å². The third-order valence-corrected chi connectivity index (χ3v) is 2.05. The fraction of sp³-hybridized carbons (Fsp3) is 0.300. The minimum Gasteiger partial charge on any atom is -0.245 e. The van der Waals surface area contributed by atoms with Gasteiger partial charge in [-0.3, -0.25) is 0 Å². The van der Waals surface area contributed by atoms with E-state index in [1.54, 1.807) is 11.3 Å². The normalized spacial score (nSPS) is 9.14. The summed E-state index contributed by atoms with van der Waals surface area (Å²) in [6.07, 6.45) is 0. The van der Waals surface area contributed by atoms with Crippen LogP contribution in [0.25, 0.3) is 10.2 Å². The molecule has 0 aliphatic rings. The van der Waals surface area contributed by atoms with Gasteiger partial charge in [0.05, 0.1) is 15.7 Å². The van der Waals surface area contributed by atoms with E-state index in [0.717, 1.165) is 5.52 Å². The summed E-state index contributed by atoms with van der Waals surface area (Å²) in [6, 6.07) is 8.13. The maximum atomic E-state index is 4.14. The van der Waals surface area contributed by atoms with Gasteiger partial charge >= 0.3 is 23.9 Å². The summed E-state index contributed by atoms with van der Waals surface area (Å²) in [6.45, 7) is 0. The second kappa shape index (κ2) is 7.20. The number of aromatic nitrogens is 1. The first-order valence-corrected chi connectivity index (χ1v) is 4.97. The van der Waals surface area contributed by atoms with E-state index in [4.69, 9.17) is 0 Å². The summed E-state index contributed by atoms with van der Waals surface area (Å²) in [5.74, 6) is 0. The number of benzene rings is 1. The first-order valence-electron chi connectivity index (χ1n) is 4.09. The first-order chi connectivity index (χ1) is 6.20. The van der Waals surface area contributed by atoms with E-state index in [-0.39, 0.29) is 23.9 Å². The molecule has 78 valence electrons. The second-order valence-electron chi connectivity index (χ2n) is 3.16. The van der Waals surface area contributed by atoms with Crippen molar-refractivity contribution in [3.63, 3.8) is 0 Å². The average molecular weight is 317 g/mol. The number of hydrogen-bond acceptors (Lipinski definition) is 3. The monoisotopic (exact) mass is 318 g/mol. The van der Waals surface area contributed by atoms with E-state index in [0.29, 0.717) is 0 Å². The molecule has 1 aromatic heterocycles. The van der Waals surface area contributed by atoms with Crippen LogP contribution in [-0.4, -0.2) is 54.9 Å². The molecule has 0 N–H and O–H groups in total. The van der Waals surface area contributed by atoms with Crippen molar-refractivity contribution in [1.29, 1.82) is 0 Å². The summed E-state index contributed by atoms with van der Waals surface area (Å²) in [5, 5.41) is 0. The Balaban J connectivity index is 0.000000299. The van der Waals surface area contributed by atoms with Crippen molar-refractivity contribution in [2.75, 3.05) is 21.1 Å². The fourth-order valence-corrected chi connectivity index (χ4v) is 1.48. The Morgan fingerprint density at radius 2 is 1.71 bits per heavy atom. The molecule has 0 fully saturated rings. The molecule has 0 aliphatic carbocycles. The standard InChI is InChI=1S/C7H5NS.C3H9N.Sn.4H/c1-2-4-7-6(3-1)8-5-9-7;1-4(2)3;;;;;/h1-5H;1-3H3;;;;;. The molecule has 0 bridgehead atoms. The van der Waals surface area contributed by atoms with Crippen LogP contribution < -0.4 is 0 Å². The zero-order valence-corrected chi connectivity index (χ0v) is 9.01. The van der Waals surface area contributed by atoms with Crippen molar-refractivity contribution in [3.8, 4) is 0 Å². The minimum atomic E-state index is 0. The first kappa shape index (κ1) is 13.9. The van der Waals surface area contributed by atoms with Crippen molar-refractivity contribution in [3.05, 3.63) is 29.8 Å². The number of nitrogens with zero attached hydrogens (tertiary/aromatic N) is 2. The van der Waals surface area contributed by atoms with E-state index in [2.05, 4.69) is 11.1 Å². The van der Waals surface area contributed by atoms with Crippen LogP contribution in [0.4, 0.5) is 0 Å². The number of para-hydroxylation sites is 1. The Bertz CT molecular complexity index is 327. The van der Waals surface area contributed by atoms with Crippen LogP contribution in [0.15, 0.2) is 29.8 Å². The summed E-state index contributed by atoms with van der Waals surface area (Å²) in [7, 11) is 6.00. The SMILES string of the molecule is CN(C)C.[SnH4].c1ccc2scnc2c1. The average Bonchev–Trinajstić information content (AvgIpc) is 2.49. The van der Waals surface area contributed by atoms with Gasteiger partial charge in [-0.15, -0.1) is 11.3 Å². The van der Waals surface area contributed by atoms with Crippen molar-refractivity contribution in [1.82, 2.24) is 9.88 Å². The van der Waals surface area contributed by atoms with Crippen LogP contribution in [0.2, 0.25) is 0 Å². The molecular weight excluding hydrogens is 299 g/mol. The van der Waals surface area contributed by atoms with Crippen molar-refractivity contribution in [2.24, 2.45) is 0 Å². The van der Waals surface area contributed by atoms with Gasteiger partial charge in [-0.2, -0.15) is 0 Å². The zero-order chi connectivity index (χ0) is 9.68. The third-order valence-electron chi connectivity index (χ3n) is 1.24. The molecule has 0 unspecified atom stereocenters. The topological polar surface area (TPSA) is 16.1 Å². The van der Waals surface area contributed by atoms with E-state index >= 15 is 0 Å². The van der Waals surface area contributed by atoms with Gasteiger partial charge in [0.15, 0.2) is 0 Å². The van der Waals surface area contributed by atoms with Crippen LogP contribution in [0, 0.1) is 0 Å². The smallest absolute Gasteiger partial charge is 0.0812 e. The van der Waals surface area contributed by atoms with E-state index < -0.39 is 0 Å². The molecule has 1 heterocycles. The third kappa shape index (κ3) is 4.93. The molecule has 4 heteroatoms. The number of thiazole rings is 1. The van der Waals surface area contributed by atoms with Gasteiger partial charge in [-0.1, -0.05) is 12.1 Å². The Morgan fingerprint density at radius 1 is 1.14 bits per heavy atom. The van der Waals surface area contributed by atoms with E-state index in [1.807, 2.05) is 49.8 Å². The largest absolute Gasteiger partial charge is 0.245 e. The van der Waals surface area contributed by atoms with E-state index in [1.165, 1.54) is 4.70 Å². The van der Waals surface area contributed by atoms with Crippen LogP contribution in [-0.2, 0) is 0 Å². The molecule has 2 nitrogen and oxygen atoms in total. The van der Waals surface area contributed by atoms with E-state index in [9.17, 15) is 0 Å². The van der Waals surface area contributed by atoms with Crippen molar-refractivity contribution in [2.45, 2.75) is 0 Å². The van der Waals surface area contributed by atoms with Crippen LogP contribution in [0.5, 0.6) is 0 Å². The summed E-state index contributed by atoms with van der Waals surface area (Å²) in [4.78, 5) is 6.14. The van der Waals surface area contributed by atoms with Crippen LogP contribution in [0.3, 0.4) is 0 Å². The van der Waals surface area contributed by atoms with Gasteiger partial charge in [0, 0.05) is 0 Å². The van der Waals surface area contributed by atoms with Crippen LogP contribution >= 0.6 is 11.3 Å². The molecule has 0 spiro atoms. The summed E-state index contributed by atoms with van der Waals surface area (Å²) >= 11 is 1.68. The quantitative estimate of drug-likeness (QED) is 0.675. The molecule has 0 saturated heterocycles. The Morgan fingerprint density at radius 3 is 2.29 bits per heavy atom. The Hall–Kier alpha value is -0.131. The second-order valence-corrected chi connectivity index (χ2v) is 4.05. The zero-order valence-electron chi connectivity index (χ0n) is 8.19. The number of hydrogen-bond donors (Lipinski definition) is 0. The Kier molecular flexibility index (Phi) is 7.13. The van der Waals surface area contributed by atoms with Gasteiger partial charge in [0.25, 0.3) is 0 Å². The summed E-state index contributed by atoms with van der Waals surface area (Å²) in [5.41, 5.74) is 2.97. The molecule has 2 aromatic rings. The molecule has 0 atom stereocenters. The molecular formula is C10H18N2SSn. The summed E-state index contributed by atoms with van der Waals surface area (Å²) < 4.78 is 1.26. The van der Waals surface area contributed by atoms with Gasteiger partial charge < -0.3 is 4.90 Å². The number of fused-ring (bicyclic) bond motifs is 1. The predicted octanol–water partition coefficient (Wildman–Crippen LogP) is 1.02. The molecule has 2 rings (SSSR count). The van der Waals surface area contributed by atoms with Crippen LogP contribution in [0.1, 0.15) is 0 Å². The maximum Gasteiger partial charge on any atom is 0.0812 e. The maximum absolute atomic E-state index is 4.14. The molecule has 14 heavy (non-hydrogen) atoms. The minimum absolute atomic E-state index is 0. The fourth-order valence-electron chi connectivity index (χ4n) is 0.803. The number of rotatable bonds is 0. The molecule has 1 aromatic carbocycles. The van der Waals surface area contributed by atoms with Gasteiger partial charge in [-0.25, -0.2) is 4.98 Å². The predicted molar refractivity (Wildman–Crippen MR) is 70.6 cm³/mol. The van der Waals surface area contributed by atoms with Gasteiger partial charge in [0.1, 0.15) is 0 Å². The Labute approximate surface area is 106 Å². The molecule has 0 saturated carbocycles. The van der Waals surface area contributed by atoms with Gasteiger partial charge in [0.2, 0.25) is 0 Å². The molecule has 0 radical (unpaired) electrons. The molecule has 0 amide bonds. The molecule has 0 aliphatic heterocycles.